The van der Waals surface area contributed by atoms with Crippen molar-refractivity contribution in [1.29, 1.82) is 0 Å². The Labute approximate surface area is 110 Å². The molecule has 2 rings (SSSR count). The Morgan fingerprint density at radius 1 is 1.50 bits per heavy atom. The zero-order chi connectivity index (χ0) is 13.0. The van der Waals surface area contributed by atoms with E-state index in [0.29, 0.717) is 12.4 Å². The zero-order valence-corrected chi connectivity index (χ0v) is 11.1. The van der Waals surface area contributed by atoms with Gasteiger partial charge in [0.2, 0.25) is 0 Å². The van der Waals surface area contributed by atoms with Crippen LogP contribution in [0.3, 0.4) is 0 Å². The number of hydrogen-bond donors (Lipinski definition) is 1. The van der Waals surface area contributed by atoms with E-state index in [9.17, 15) is 4.39 Å². The van der Waals surface area contributed by atoms with Gasteiger partial charge >= 0.3 is 0 Å². The Kier molecular flexibility index (Phi) is 4.28. The van der Waals surface area contributed by atoms with Crippen LogP contribution in [0.4, 0.5) is 4.39 Å². The van der Waals surface area contributed by atoms with Crippen LogP contribution in [0.2, 0.25) is 0 Å². The molecule has 18 heavy (non-hydrogen) atoms. The lowest BCUT2D eigenvalue weighted by Gasteiger charge is -2.16. The molecule has 0 saturated carbocycles. The second-order valence-corrected chi connectivity index (χ2v) is 4.89. The van der Waals surface area contributed by atoms with Crippen LogP contribution >= 0.6 is 11.3 Å². The molecule has 3 nitrogen and oxygen atoms in total. The largest absolute Gasteiger partial charge is 0.486 e. The summed E-state index contributed by atoms with van der Waals surface area (Å²) in [7, 11) is 1.86. The van der Waals surface area contributed by atoms with Crippen molar-refractivity contribution in [1.82, 2.24) is 10.3 Å². The highest BCUT2D eigenvalue weighted by Gasteiger charge is 2.11. The van der Waals surface area contributed by atoms with Crippen molar-refractivity contribution in [2.75, 3.05) is 7.05 Å². The minimum atomic E-state index is -0.295. The molecule has 2 aromatic rings. The summed E-state index contributed by atoms with van der Waals surface area (Å²) >= 11 is 1.52. The van der Waals surface area contributed by atoms with Gasteiger partial charge in [-0.05, 0) is 20.0 Å². The molecule has 5 heteroatoms. The fraction of sp³-hybridized carbons (Fsp3) is 0.308. The summed E-state index contributed by atoms with van der Waals surface area (Å²) in [4.78, 5) is 4.13. The van der Waals surface area contributed by atoms with E-state index in [0.717, 1.165) is 10.6 Å². The van der Waals surface area contributed by atoms with Crippen LogP contribution in [0, 0.1) is 5.82 Å². The fourth-order valence-electron chi connectivity index (χ4n) is 1.61. The summed E-state index contributed by atoms with van der Waals surface area (Å²) in [6, 6.07) is 4.71. The Balaban J connectivity index is 2.17. The first-order chi connectivity index (χ1) is 8.70. The van der Waals surface area contributed by atoms with Gasteiger partial charge in [-0.25, -0.2) is 9.37 Å². The van der Waals surface area contributed by atoms with E-state index < -0.39 is 0 Å². The third-order valence-corrected chi connectivity index (χ3v) is 3.46. The molecule has 1 unspecified atom stereocenters. The monoisotopic (exact) mass is 266 g/mol. The van der Waals surface area contributed by atoms with Gasteiger partial charge < -0.3 is 10.1 Å². The van der Waals surface area contributed by atoms with Crippen molar-refractivity contribution in [3.8, 4) is 5.75 Å². The van der Waals surface area contributed by atoms with Crippen molar-refractivity contribution in [3.63, 3.8) is 0 Å². The van der Waals surface area contributed by atoms with Crippen molar-refractivity contribution in [2.45, 2.75) is 19.6 Å². The molecule has 0 fully saturated rings. The number of hydrogen-bond acceptors (Lipinski definition) is 4. The summed E-state index contributed by atoms with van der Waals surface area (Å²) in [6.07, 6.45) is 1.73. The van der Waals surface area contributed by atoms with E-state index >= 15 is 0 Å². The molecule has 1 heterocycles. The summed E-state index contributed by atoms with van der Waals surface area (Å²) in [5.41, 5.74) is 0.940. The first-order valence-corrected chi connectivity index (χ1v) is 6.56. The van der Waals surface area contributed by atoms with Crippen LogP contribution in [-0.4, -0.2) is 12.0 Å². The number of nitrogens with zero attached hydrogens (tertiary/aromatic N) is 1. The van der Waals surface area contributed by atoms with E-state index in [4.69, 9.17) is 4.74 Å². The maximum atomic E-state index is 13.3. The Bertz CT molecular complexity index is 502. The van der Waals surface area contributed by atoms with E-state index in [2.05, 4.69) is 10.3 Å². The van der Waals surface area contributed by atoms with Gasteiger partial charge in [0.25, 0.3) is 0 Å². The Hall–Kier alpha value is -1.46. The molecule has 0 aliphatic heterocycles. The average Bonchev–Trinajstić information content (AvgIpc) is 2.88. The third-order valence-electron chi connectivity index (χ3n) is 2.71. The van der Waals surface area contributed by atoms with Crippen molar-refractivity contribution < 1.29 is 9.13 Å². The molecular weight excluding hydrogens is 251 g/mol. The van der Waals surface area contributed by atoms with Crippen LogP contribution in [0.1, 0.15) is 23.5 Å². The number of ether oxygens (including phenoxy) is 1. The van der Waals surface area contributed by atoms with Gasteiger partial charge in [0.15, 0.2) is 0 Å². The molecule has 1 aromatic heterocycles. The predicted octanol–water partition coefficient (Wildman–Crippen LogP) is 3.14. The van der Waals surface area contributed by atoms with Gasteiger partial charge in [-0.3, -0.25) is 0 Å². The second-order valence-electron chi connectivity index (χ2n) is 3.91. The topological polar surface area (TPSA) is 34.1 Å². The molecule has 1 N–H and O–H groups in total. The van der Waals surface area contributed by atoms with Gasteiger partial charge in [-0.15, -0.1) is 11.3 Å². The van der Waals surface area contributed by atoms with E-state index in [1.165, 1.54) is 23.5 Å². The first kappa shape index (κ1) is 13.0. The minimum absolute atomic E-state index is 0.108. The van der Waals surface area contributed by atoms with E-state index in [1.807, 2.05) is 19.4 Å². The third kappa shape index (κ3) is 3.05. The van der Waals surface area contributed by atoms with Crippen LogP contribution in [0.5, 0.6) is 5.75 Å². The molecule has 0 radical (unpaired) electrons. The van der Waals surface area contributed by atoms with Crippen LogP contribution in [0.15, 0.2) is 29.8 Å². The maximum absolute atomic E-state index is 13.3. The van der Waals surface area contributed by atoms with Crippen LogP contribution in [0.25, 0.3) is 0 Å². The van der Waals surface area contributed by atoms with Crippen molar-refractivity contribution in [2.24, 2.45) is 0 Å². The number of rotatable bonds is 5. The van der Waals surface area contributed by atoms with Crippen molar-refractivity contribution in [3.05, 3.63) is 46.2 Å². The molecule has 1 aromatic carbocycles. The van der Waals surface area contributed by atoms with Gasteiger partial charge in [0.1, 0.15) is 23.2 Å². The molecule has 0 aliphatic rings. The van der Waals surface area contributed by atoms with Gasteiger partial charge in [-0.2, -0.15) is 0 Å². The minimum Gasteiger partial charge on any atom is -0.486 e. The van der Waals surface area contributed by atoms with Crippen LogP contribution < -0.4 is 10.1 Å². The lowest BCUT2D eigenvalue weighted by atomic mass is 10.1. The lowest BCUT2D eigenvalue weighted by molar-refractivity contribution is 0.298. The van der Waals surface area contributed by atoms with Crippen LogP contribution in [-0.2, 0) is 6.61 Å². The summed E-state index contributed by atoms with van der Waals surface area (Å²) < 4.78 is 18.9. The first-order valence-electron chi connectivity index (χ1n) is 5.68. The van der Waals surface area contributed by atoms with Gasteiger partial charge in [0, 0.05) is 29.2 Å². The number of halogens is 1. The number of aromatic nitrogens is 1. The molecule has 1 atom stereocenters. The molecule has 0 saturated heterocycles. The normalized spacial score (nSPS) is 12.4. The fourth-order valence-corrected chi connectivity index (χ4v) is 2.14. The Morgan fingerprint density at radius 3 is 3.00 bits per heavy atom. The standard InChI is InChI=1S/C13H15FN2OS/c1-9(15-2)11-4-3-10(14)7-12(11)17-8-13-16-5-6-18-13/h3-7,9,15H,8H2,1-2H3. The quantitative estimate of drug-likeness (QED) is 0.902. The highest BCUT2D eigenvalue weighted by Crippen LogP contribution is 2.26. The maximum Gasteiger partial charge on any atom is 0.140 e. The van der Waals surface area contributed by atoms with E-state index in [-0.39, 0.29) is 11.9 Å². The predicted molar refractivity (Wildman–Crippen MR) is 70.3 cm³/mol. The average molecular weight is 266 g/mol. The highest BCUT2D eigenvalue weighted by atomic mass is 32.1. The SMILES string of the molecule is CNC(C)c1ccc(F)cc1OCc1nccs1. The Morgan fingerprint density at radius 2 is 2.33 bits per heavy atom. The zero-order valence-electron chi connectivity index (χ0n) is 10.3. The summed E-state index contributed by atoms with van der Waals surface area (Å²) in [5, 5.41) is 5.89. The molecule has 0 amide bonds. The van der Waals surface area contributed by atoms with Gasteiger partial charge in [0.05, 0.1) is 0 Å². The second kappa shape index (κ2) is 5.93. The van der Waals surface area contributed by atoms with Gasteiger partial charge in [-0.1, -0.05) is 6.07 Å². The molecule has 96 valence electrons. The summed E-state index contributed by atoms with van der Waals surface area (Å²) in [6.45, 7) is 2.37. The number of benzene rings is 1. The smallest absolute Gasteiger partial charge is 0.140 e. The van der Waals surface area contributed by atoms with Crippen molar-refractivity contribution >= 4 is 11.3 Å². The lowest BCUT2D eigenvalue weighted by Crippen LogP contribution is -2.14. The molecule has 0 spiro atoms. The highest BCUT2D eigenvalue weighted by molar-refractivity contribution is 7.09. The molecular formula is C13H15FN2OS. The van der Waals surface area contributed by atoms with E-state index in [1.54, 1.807) is 12.3 Å². The molecule has 0 aliphatic carbocycles. The molecule has 0 bridgehead atoms. The number of thiazole rings is 1. The number of nitrogens with one attached hydrogen (secondary N) is 1. The summed E-state index contributed by atoms with van der Waals surface area (Å²) in [5.74, 6) is 0.267.